The highest BCUT2D eigenvalue weighted by atomic mass is 79.9. The number of rotatable bonds is 6. The maximum Gasteiger partial charge on any atom is 0.330 e. The highest BCUT2D eigenvalue weighted by molar-refractivity contribution is 9.10. The number of hydrogen-bond donors (Lipinski definition) is 1. The maximum atomic E-state index is 12.6. The summed E-state index contributed by atoms with van der Waals surface area (Å²) in [5, 5.41) is 0. The van der Waals surface area contributed by atoms with Crippen molar-refractivity contribution in [2.45, 2.75) is 18.7 Å². The van der Waals surface area contributed by atoms with Gasteiger partial charge in [0.05, 0.1) is 17.2 Å². The van der Waals surface area contributed by atoms with Gasteiger partial charge >= 0.3 is 5.97 Å². The highest BCUT2D eigenvalue weighted by Crippen LogP contribution is 2.25. The quantitative estimate of drug-likeness (QED) is 0.559. The molecule has 0 amide bonds. The molecular weight excluding hydrogens is 406 g/mol. The van der Waals surface area contributed by atoms with Gasteiger partial charge in [0.2, 0.25) is 0 Å². The molecule has 0 atom stereocenters. The molecule has 0 saturated heterocycles. The summed E-state index contributed by atoms with van der Waals surface area (Å²) in [4.78, 5) is 11.7. The molecule has 2 aromatic rings. The molecule has 7 heteroatoms. The van der Waals surface area contributed by atoms with Crippen LogP contribution < -0.4 is 4.72 Å². The van der Waals surface area contributed by atoms with E-state index in [0.29, 0.717) is 11.3 Å². The van der Waals surface area contributed by atoms with Crippen LogP contribution in [0.2, 0.25) is 0 Å². The Kier molecular flexibility index (Phi) is 6.39. The maximum absolute atomic E-state index is 12.6. The van der Waals surface area contributed by atoms with Crippen molar-refractivity contribution in [2.75, 3.05) is 11.3 Å². The monoisotopic (exact) mass is 423 g/mol. The third kappa shape index (κ3) is 5.44. The van der Waals surface area contributed by atoms with Gasteiger partial charge in [-0.05, 0) is 55.8 Å². The third-order valence-corrected chi connectivity index (χ3v) is 5.15. The molecule has 0 aliphatic heterocycles. The average molecular weight is 424 g/mol. The SMILES string of the molecule is CCOC(=O)C=Cc1cc(Br)ccc1NS(=O)(=O)c1ccc(C)cc1. The Labute approximate surface area is 155 Å². The van der Waals surface area contributed by atoms with Crippen molar-refractivity contribution in [2.24, 2.45) is 0 Å². The smallest absolute Gasteiger partial charge is 0.330 e. The van der Waals surface area contributed by atoms with E-state index in [1.54, 1.807) is 49.4 Å². The molecule has 2 rings (SSSR count). The topological polar surface area (TPSA) is 72.5 Å². The average Bonchev–Trinajstić information content (AvgIpc) is 2.55. The van der Waals surface area contributed by atoms with Gasteiger partial charge in [0, 0.05) is 10.5 Å². The third-order valence-electron chi connectivity index (χ3n) is 3.27. The number of benzene rings is 2. The molecule has 0 spiro atoms. The molecule has 0 saturated carbocycles. The van der Waals surface area contributed by atoms with Crippen LogP contribution in [0.4, 0.5) is 5.69 Å². The number of halogens is 1. The van der Waals surface area contributed by atoms with E-state index in [0.717, 1.165) is 10.0 Å². The number of nitrogens with one attached hydrogen (secondary N) is 1. The van der Waals surface area contributed by atoms with Crippen LogP contribution in [0, 0.1) is 6.92 Å². The van der Waals surface area contributed by atoms with E-state index in [-0.39, 0.29) is 11.5 Å². The zero-order valence-electron chi connectivity index (χ0n) is 13.8. The predicted octanol–water partition coefficient (Wildman–Crippen LogP) is 4.13. The summed E-state index contributed by atoms with van der Waals surface area (Å²) in [6.45, 7) is 3.87. The van der Waals surface area contributed by atoms with Crippen molar-refractivity contribution in [3.05, 3.63) is 64.1 Å². The lowest BCUT2D eigenvalue weighted by molar-refractivity contribution is -0.137. The van der Waals surface area contributed by atoms with Gasteiger partial charge in [0.1, 0.15) is 0 Å². The van der Waals surface area contributed by atoms with E-state index < -0.39 is 16.0 Å². The largest absolute Gasteiger partial charge is 0.463 e. The number of sulfonamides is 1. The first-order chi connectivity index (χ1) is 11.8. The van der Waals surface area contributed by atoms with E-state index in [2.05, 4.69) is 20.7 Å². The fourth-order valence-electron chi connectivity index (χ4n) is 2.03. The number of carbonyl (C=O) groups excluding carboxylic acids is 1. The number of carbonyl (C=O) groups is 1. The van der Waals surface area contributed by atoms with Gasteiger partial charge in [0.15, 0.2) is 0 Å². The molecule has 0 fully saturated rings. The second-order valence-corrected chi connectivity index (χ2v) is 7.83. The van der Waals surface area contributed by atoms with Gasteiger partial charge in [-0.15, -0.1) is 0 Å². The molecule has 0 aliphatic rings. The highest BCUT2D eigenvalue weighted by Gasteiger charge is 2.15. The summed E-state index contributed by atoms with van der Waals surface area (Å²) in [6, 6.07) is 11.6. The Hall–Kier alpha value is -2.12. The lowest BCUT2D eigenvalue weighted by atomic mass is 10.1. The fourth-order valence-corrected chi connectivity index (χ4v) is 3.50. The molecule has 0 unspecified atom stereocenters. The molecule has 2 aromatic carbocycles. The van der Waals surface area contributed by atoms with Crippen LogP contribution in [0.5, 0.6) is 0 Å². The van der Waals surface area contributed by atoms with Crippen LogP contribution in [0.25, 0.3) is 6.08 Å². The molecule has 1 N–H and O–H groups in total. The van der Waals surface area contributed by atoms with Gasteiger partial charge < -0.3 is 4.74 Å². The Balaban J connectivity index is 2.32. The number of hydrogen-bond acceptors (Lipinski definition) is 4. The summed E-state index contributed by atoms with van der Waals surface area (Å²) >= 11 is 3.34. The van der Waals surface area contributed by atoms with Gasteiger partial charge in [-0.2, -0.15) is 0 Å². The lowest BCUT2D eigenvalue weighted by Gasteiger charge is -2.11. The van der Waals surface area contributed by atoms with Crippen molar-refractivity contribution < 1.29 is 17.9 Å². The normalized spacial score (nSPS) is 11.5. The Morgan fingerprint density at radius 3 is 2.52 bits per heavy atom. The number of anilines is 1. The van der Waals surface area contributed by atoms with Crippen LogP contribution >= 0.6 is 15.9 Å². The minimum Gasteiger partial charge on any atom is -0.463 e. The Morgan fingerprint density at radius 2 is 1.88 bits per heavy atom. The first-order valence-electron chi connectivity index (χ1n) is 7.55. The standard InChI is InChI=1S/C18H18BrNO4S/c1-3-24-18(21)11-6-14-12-15(19)7-10-17(14)20-25(22,23)16-8-4-13(2)5-9-16/h4-12,20H,3H2,1-2H3. The molecular formula is C18H18BrNO4S. The van der Waals surface area contributed by atoms with Crippen molar-refractivity contribution in [3.8, 4) is 0 Å². The van der Waals surface area contributed by atoms with E-state index in [1.807, 2.05) is 6.92 Å². The van der Waals surface area contributed by atoms with Crippen molar-refractivity contribution in [1.29, 1.82) is 0 Å². The van der Waals surface area contributed by atoms with E-state index in [4.69, 9.17) is 4.74 Å². The second kappa shape index (κ2) is 8.31. The van der Waals surface area contributed by atoms with Gasteiger partial charge in [-0.25, -0.2) is 13.2 Å². The minimum absolute atomic E-state index is 0.168. The fraction of sp³-hybridized carbons (Fsp3) is 0.167. The summed E-state index contributed by atoms with van der Waals surface area (Å²) in [7, 11) is -3.73. The molecule has 5 nitrogen and oxygen atoms in total. The zero-order valence-corrected chi connectivity index (χ0v) is 16.2. The predicted molar refractivity (Wildman–Crippen MR) is 102 cm³/mol. The van der Waals surface area contributed by atoms with Crippen molar-refractivity contribution in [3.63, 3.8) is 0 Å². The van der Waals surface area contributed by atoms with Crippen molar-refractivity contribution >= 4 is 43.7 Å². The van der Waals surface area contributed by atoms with Gasteiger partial charge in [0.25, 0.3) is 10.0 Å². The molecule has 0 heterocycles. The second-order valence-electron chi connectivity index (χ2n) is 5.24. The molecule has 0 bridgehead atoms. The molecule has 132 valence electrons. The minimum atomic E-state index is -3.73. The van der Waals surface area contributed by atoms with E-state index in [1.165, 1.54) is 12.2 Å². The van der Waals surface area contributed by atoms with Crippen LogP contribution in [-0.2, 0) is 19.6 Å². The van der Waals surface area contributed by atoms with Gasteiger partial charge in [-0.1, -0.05) is 33.6 Å². The van der Waals surface area contributed by atoms with Crippen LogP contribution in [0.1, 0.15) is 18.1 Å². The summed E-state index contributed by atoms with van der Waals surface area (Å²) in [6.07, 6.45) is 2.77. The Morgan fingerprint density at radius 1 is 1.20 bits per heavy atom. The van der Waals surface area contributed by atoms with E-state index >= 15 is 0 Å². The molecule has 0 radical (unpaired) electrons. The first kappa shape index (κ1) is 19.2. The number of esters is 1. The van der Waals surface area contributed by atoms with Gasteiger partial charge in [-0.3, -0.25) is 4.72 Å². The first-order valence-corrected chi connectivity index (χ1v) is 9.83. The van der Waals surface area contributed by atoms with Crippen molar-refractivity contribution in [1.82, 2.24) is 0 Å². The number of ether oxygens (including phenoxy) is 1. The zero-order chi connectivity index (χ0) is 18.4. The van der Waals surface area contributed by atoms with Crippen LogP contribution in [0.3, 0.4) is 0 Å². The molecule has 0 aromatic heterocycles. The Bertz CT molecular complexity index is 890. The summed E-state index contributed by atoms with van der Waals surface area (Å²) in [5.41, 5.74) is 1.88. The lowest BCUT2D eigenvalue weighted by Crippen LogP contribution is -2.13. The van der Waals surface area contributed by atoms with Crippen LogP contribution in [-0.4, -0.2) is 21.0 Å². The number of aryl methyl sites for hydroxylation is 1. The van der Waals surface area contributed by atoms with Crippen LogP contribution in [0.15, 0.2) is 57.9 Å². The summed E-state index contributed by atoms with van der Waals surface area (Å²) < 4.78 is 33.3. The summed E-state index contributed by atoms with van der Waals surface area (Å²) in [5.74, 6) is -0.491. The molecule has 25 heavy (non-hydrogen) atoms. The molecule has 0 aliphatic carbocycles. The van der Waals surface area contributed by atoms with E-state index in [9.17, 15) is 13.2 Å².